The van der Waals surface area contributed by atoms with E-state index in [0.717, 1.165) is 5.56 Å². The van der Waals surface area contributed by atoms with Gasteiger partial charge in [0, 0.05) is 0 Å². The molecule has 1 aromatic carbocycles. The summed E-state index contributed by atoms with van der Waals surface area (Å²) in [5.74, 6) is -0.0920. The van der Waals surface area contributed by atoms with E-state index in [0.29, 0.717) is 5.56 Å². The van der Waals surface area contributed by atoms with E-state index in [-0.39, 0.29) is 23.8 Å². The number of nitrogens with two attached hydrogens (primary N) is 1. The van der Waals surface area contributed by atoms with Crippen molar-refractivity contribution in [3.8, 4) is 11.5 Å². The number of hydrogen-bond donors (Lipinski definition) is 2. The molecule has 1 aromatic rings. The van der Waals surface area contributed by atoms with Gasteiger partial charge in [-0.25, -0.2) is 0 Å². The Labute approximate surface area is 82.3 Å². The first-order chi connectivity index (χ1) is 6.61. The lowest BCUT2D eigenvalue weighted by molar-refractivity contribution is 0.0997. The third kappa shape index (κ3) is 1.70. The number of carbonyl (C=O) groups excluding carboxylic acids is 1. The number of phenols is 1. The maximum Gasteiger partial charge on any atom is 0.180 e. The average Bonchev–Trinajstić information content (AvgIpc) is 2.19. The number of aryl methyl sites for hydroxylation is 1. The standard InChI is InChI=1S/C10H13NO3/c1-6-3-4-7(12)10(14-2)9(6)8(13)5-11/h3-4,12H,5,11H2,1-2H3. The van der Waals surface area contributed by atoms with Gasteiger partial charge in [0.2, 0.25) is 0 Å². The molecule has 0 aliphatic carbocycles. The maximum absolute atomic E-state index is 11.5. The van der Waals surface area contributed by atoms with Crippen LogP contribution >= 0.6 is 0 Å². The molecule has 0 aliphatic rings. The molecule has 3 N–H and O–H groups in total. The molecule has 0 saturated heterocycles. The van der Waals surface area contributed by atoms with Gasteiger partial charge in [0.25, 0.3) is 0 Å². The Hall–Kier alpha value is -1.55. The molecule has 0 heterocycles. The first-order valence-electron chi connectivity index (χ1n) is 4.21. The van der Waals surface area contributed by atoms with Crippen molar-refractivity contribution in [2.45, 2.75) is 6.92 Å². The molecule has 0 fully saturated rings. The van der Waals surface area contributed by atoms with E-state index in [1.165, 1.54) is 13.2 Å². The number of benzene rings is 1. The molecule has 4 nitrogen and oxygen atoms in total. The molecule has 0 radical (unpaired) electrons. The number of phenolic OH excluding ortho intramolecular Hbond substituents is 1. The lowest BCUT2D eigenvalue weighted by atomic mass is 10.0. The van der Waals surface area contributed by atoms with Crippen LogP contribution in [0.1, 0.15) is 15.9 Å². The number of methoxy groups -OCH3 is 1. The number of carbonyl (C=O) groups is 1. The molecule has 0 bridgehead atoms. The van der Waals surface area contributed by atoms with E-state index < -0.39 is 0 Å². The normalized spacial score (nSPS) is 9.93. The maximum atomic E-state index is 11.5. The predicted molar refractivity (Wildman–Crippen MR) is 52.8 cm³/mol. The first kappa shape index (κ1) is 10.5. The SMILES string of the molecule is COc1c(O)ccc(C)c1C(=O)CN. The van der Waals surface area contributed by atoms with Gasteiger partial charge >= 0.3 is 0 Å². The average molecular weight is 195 g/mol. The summed E-state index contributed by atoms with van der Waals surface area (Å²) >= 11 is 0. The van der Waals surface area contributed by atoms with Crippen LogP contribution in [0.2, 0.25) is 0 Å². The molecule has 0 atom stereocenters. The minimum atomic E-state index is -0.241. The minimum Gasteiger partial charge on any atom is -0.504 e. The first-order valence-corrected chi connectivity index (χ1v) is 4.21. The zero-order valence-electron chi connectivity index (χ0n) is 8.20. The highest BCUT2D eigenvalue weighted by molar-refractivity contribution is 6.02. The predicted octanol–water partition coefficient (Wildman–Crippen LogP) is 0.851. The molecule has 76 valence electrons. The van der Waals surface area contributed by atoms with E-state index in [1.807, 2.05) is 0 Å². The van der Waals surface area contributed by atoms with Crippen LogP contribution in [0.25, 0.3) is 0 Å². The van der Waals surface area contributed by atoms with Gasteiger partial charge in [-0.1, -0.05) is 6.07 Å². The van der Waals surface area contributed by atoms with Crippen LogP contribution in [0.4, 0.5) is 0 Å². The van der Waals surface area contributed by atoms with Crippen molar-refractivity contribution < 1.29 is 14.6 Å². The van der Waals surface area contributed by atoms with Crippen LogP contribution in [0.15, 0.2) is 12.1 Å². The van der Waals surface area contributed by atoms with Gasteiger partial charge < -0.3 is 15.6 Å². The fourth-order valence-electron chi connectivity index (χ4n) is 1.33. The Bertz CT molecular complexity index is 361. The molecule has 0 aliphatic heterocycles. The second-order valence-corrected chi connectivity index (χ2v) is 2.94. The van der Waals surface area contributed by atoms with Gasteiger partial charge in [0.15, 0.2) is 17.3 Å². The van der Waals surface area contributed by atoms with Gasteiger partial charge in [-0.05, 0) is 18.6 Å². The number of rotatable bonds is 3. The van der Waals surface area contributed by atoms with Crippen molar-refractivity contribution in [1.29, 1.82) is 0 Å². The highest BCUT2D eigenvalue weighted by Crippen LogP contribution is 2.32. The second kappa shape index (κ2) is 4.11. The molecular weight excluding hydrogens is 182 g/mol. The lowest BCUT2D eigenvalue weighted by Gasteiger charge is -2.11. The van der Waals surface area contributed by atoms with Crippen molar-refractivity contribution in [3.05, 3.63) is 23.3 Å². The van der Waals surface area contributed by atoms with Gasteiger partial charge in [0.1, 0.15) is 0 Å². The summed E-state index contributed by atoms with van der Waals surface area (Å²) in [6, 6.07) is 3.14. The molecule has 14 heavy (non-hydrogen) atoms. The lowest BCUT2D eigenvalue weighted by Crippen LogP contribution is -2.15. The second-order valence-electron chi connectivity index (χ2n) is 2.94. The van der Waals surface area contributed by atoms with E-state index >= 15 is 0 Å². The molecule has 0 aromatic heterocycles. The summed E-state index contributed by atoms with van der Waals surface area (Å²) in [6.07, 6.45) is 0. The van der Waals surface area contributed by atoms with Crippen LogP contribution in [0.5, 0.6) is 11.5 Å². The zero-order valence-corrected chi connectivity index (χ0v) is 8.20. The molecule has 1 rings (SSSR count). The molecule has 0 spiro atoms. The van der Waals surface area contributed by atoms with E-state index in [1.54, 1.807) is 13.0 Å². The third-order valence-corrected chi connectivity index (χ3v) is 2.01. The van der Waals surface area contributed by atoms with Crippen molar-refractivity contribution in [2.24, 2.45) is 5.73 Å². The van der Waals surface area contributed by atoms with Crippen LogP contribution < -0.4 is 10.5 Å². The Kier molecular flexibility index (Phi) is 3.09. The summed E-state index contributed by atoms with van der Waals surface area (Å²) in [6.45, 7) is 1.67. The van der Waals surface area contributed by atoms with Crippen molar-refractivity contribution in [3.63, 3.8) is 0 Å². The summed E-state index contributed by atoms with van der Waals surface area (Å²) in [4.78, 5) is 11.5. The molecule has 0 amide bonds. The summed E-state index contributed by atoms with van der Waals surface area (Å²) in [5, 5.41) is 9.44. The van der Waals surface area contributed by atoms with E-state index in [2.05, 4.69) is 0 Å². The van der Waals surface area contributed by atoms with Crippen molar-refractivity contribution in [2.75, 3.05) is 13.7 Å². The molecule has 0 unspecified atom stereocenters. The zero-order chi connectivity index (χ0) is 10.7. The number of ketones is 1. The Balaban J connectivity index is 3.37. The van der Waals surface area contributed by atoms with Gasteiger partial charge in [-0.3, -0.25) is 4.79 Å². The van der Waals surface area contributed by atoms with Gasteiger partial charge in [0.05, 0.1) is 19.2 Å². The smallest absolute Gasteiger partial charge is 0.180 e. The summed E-state index contributed by atoms with van der Waals surface area (Å²) < 4.78 is 4.95. The highest BCUT2D eigenvalue weighted by Gasteiger charge is 2.16. The minimum absolute atomic E-state index is 0.0464. The number of ether oxygens (including phenoxy) is 1. The number of Topliss-reactive ketones (excluding diaryl/α,β-unsaturated/α-hetero) is 1. The van der Waals surface area contributed by atoms with Crippen LogP contribution in [-0.4, -0.2) is 24.5 Å². The van der Waals surface area contributed by atoms with Gasteiger partial charge in [-0.2, -0.15) is 0 Å². The monoisotopic (exact) mass is 195 g/mol. The number of aromatic hydroxyl groups is 1. The Morgan fingerprint density at radius 2 is 2.21 bits per heavy atom. The van der Waals surface area contributed by atoms with Crippen LogP contribution in [0.3, 0.4) is 0 Å². The third-order valence-electron chi connectivity index (χ3n) is 2.01. The molecular formula is C10H13NO3. The molecule has 0 saturated carbocycles. The summed E-state index contributed by atoms with van der Waals surface area (Å²) in [7, 11) is 1.40. The number of hydrogen-bond acceptors (Lipinski definition) is 4. The Morgan fingerprint density at radius 1 is 1.57 bits per heavy atom. The van der Waals surface area contributed by atoms with Crippen molar-refractivity contribution in [1.82, 2.24) is 0 Å². The van der Waals surface area contributed by atoms with Crippen LogP contribution in [0, 0.1) is 6.92 Å². The quantitative estimate of drug-likeness (QED) is 0.701. The Morgan fingerprint density at radius 3 is 2.71 bits per heavy atom. The fraction of sp³-hybridized carbons (Fsp3) is 0.300. The van der Waals surface area contributed by atoms with Gasteiger partial charge in [-0.15, -0.1) is 0 Å². The topological polar surface area (TPSA) is 72.5 Å². The highest BCUT2D eigenvalue weighted by atomic mass is 16.5. The largest absolute Gasteiger partial charge is 0.504 e. The van der Waals surface area contributed by atoms with Crippen molar-refractivity contribution >= 4 is 5.78 Å². The summed E-state index contributed by atoms with van der Waals surface area (Å²) in [5.41, 5.74) is 6.36. The fourth-order valence-corrected chi connectivity index (χ4v) is 1.33. The van der Waals surface area contributed by atoms with Crippen LogP contribution in [-0.2, 0) is 0 Å². The molecule has 4 heteroatoms. The van der Waals surface area contributed by atoms with E-state index in [4.69, 9.17) is 10.5 Å². The van der Waals surface area contributed by atoms with E-state index in [9.17, 15) is 9.90 Å².